The number of nitro groups is 1. The van der Waals surface area contributed by atoms with E-state index < -0.39 is 0 Å². The van der Waals surface area contributed by atoms with E-state index in [4.69, 9.17) is 0 Å². The first-order valence-corrected chi connectivity index (χ1v) is 5.46. The van der Waals surface area contributed by atoms with Gasteiger partial charge in [-0.15, -0.1) is 0 Å². The normalized spacial score (nSPS) is 9.69. The van der Waals surface area contributed by atoms with Crippen LogP contribution in [0.15, 0.2) is 24.3 Å². The van der Waals surface area contributed by atoms with E-state index in [1.54, 1.807) is 12.1 Å². The number of benzene rings is 1. The molecule has 0 spiro atoms. The summed E-state index contributed by atoms with van der Waals surface area (Å²) in [5.41, 5.74) is 2.19. The molecule has 0 fully saturated rings. The molecular weight excluding hydrogens is 204 g/mol. The minimum Gasteiger partial charge on any atom is -0.358 e. The molecule has 0 unspecified atom stereocenters. The number of nitro benzene ring substituents is 1. The molecule has 1 aromatic heterocycles. The Balaban J connectivity index is 0.000000606. The molecule has 0 radical (unpaired) electrons. The Labute approximate surface area is 94.4 Å². The Morgan fingerprint density at radius 2 is 2.00 bits per heavy atom. The third-order valence-corrected chi connectivity index (χ3v) is 2.25. The first kappa shape index (κ1) is 12.2. The molecule has 1 N–H and O–H groups in total. The average Bonchev–Trinajstić information content (AvgIpc) is 2.73. The van der Waals surface area contributed by atoms with Gasteiger partial charge >= 0.3 is 0 Å². The van der Waals surface area contributed by atoms with E-state index in [0.29, 0.717) is 0 Å². The largest absolute Gasteiger partial charge is 0.358 e. The third kappa shape index (κ3) is 2.39. The maximum absolute atomic E-state index is 10.5. The Morgan fingerprint density at radius 1 is 1.31 bits per heavy atom. The third-order valence-electron chi connectivity index (χ3n) is 2.25. The lowest BCUT2D eigenvalue weighted by molar-refractivity contribution is -0.384. The van der Waals surface area contributed by atoms with Gasteiger partial charge in [0, 0.05) is 28.7 Å². The number of H-pyrrole nitrogens is 1. The highest BCUT2D eigenvalue weighted by molar-refractivity contribution is 5.82. The fourth-order valence-corrected chi connectivity index (χ4v) is 1.48. The van der Waals surface area contributed by atoms with Gasteiger partial charge in [0.15, 0.2) is 0 Å². The number of nitrogens with zero attached hydrogens (tertiary/aromatic N) is 1. The Kier molecular flexibility index (Phi) is 4.05. The quantitative estimate of drug-likeness (QED) is 0.620. The van der Waals surface area contributed by atoms with Gasteiger partial charge in [0.05, 0.1) is 4.92 Å². The highest BCUT2D eigenvalue weighted by atomic mass is 16.6. The van der Waals surface area contributed by atoms with E-state index in [1.165, 1.54) is 6.07 Å². The van der Waals surface area contributed by atoms with Crippen LogP contribution in [0.1, 0.15) is 26.5 Å². The van der Waals surface area contributed by atoms with Crippen molar-refractivity contribution in [3.05, 3.63) is 40.1 Å². The molecule has 1 heterocycles. The van der Waals surface area contributed by atoms with Crippen LogP contribution in [0.3, 0.4) is 0 Å². The minimum atomic E-state index is -0.377. The number of hydrogen-bond acceptors (Lipinski definition) is 2. The number of fused-ring (bicyclic) bond motifs is 1. The molecule has 2 aromatic rings. The van der Waals surface area contributed by atoms with Gasteiger partial charge in [0.25, 0.3) is 5.69 Å². The lowest BCUT2D eigenvalue weighted by atomic mass is 10.2. The molecule has 0 saturated carbocycles. The Hall–Kier alpha value is -1.84. The van der Waals surface area contributed by atoms with Crippen molar-refractivity contribution in [3.63, 3.8) is 0 Å². The van der Waals surface area contributed by atoms with E-state index in [1.807, 2.05) is 26.8 Å². The predicted octanol–water partition coefficient (Wildman–Crippen LogP) is 3.66. The van der Waals surface area contributed by atoms with Crippen LogP contribution in [0.2, 0.25) is 0 Å². The second-order valence-corrected chi connectivity index (χ2v) is 3.18. The summed E-state index contributed by atoms with van der Waals surface area (Å²) in [6, 6.07) is 6.79. The molecule has 0 saturated heterocycles. The van der Waals surface area contributed by atoms with E-state index >= 15 is 0 Å². The van der Waals surface area contributed by atoms with Gasteiger partial charge in [0.2, 0.25) is 0 Å². The lowest BCUT2D eigenvalue weighted by Gasteiger charge is -1.90. The number of nitrogens with one attached hydrogen (secondary N) is 1. The van der Waals surface area contributed by atoms with E-state index in [-0.39, 0.29) is 10.6 Å². The van der Waals surface area contributed by atoms with Crippen LogP contribution in [0.25, 0.3) is 10.9 Å². The zero-order chi connectivity index (χ0) is 12.1. The molecule has 16 heavy (non-hydrogen) atoms. The SMILES string of the molecule is CC.CCc1cc2cc([N+](=O)[O-])ccc2[nH]1. The molecule has 0 bridgehead atoms. The van der Waals surface area contributed by atoms with Crippen molar-refractivity contribution in [1.82, 2.24) is 4.98 Å². The van der Waals surface area contributed by atoms with Crippen LogP contribution < -0.4 is 0 Å². The zero-order valence-electron chi connectivity index (χ0n) is 9.78. The molecule has 0 aliphatic rings. The monoisotopic (exact) mass is 220 g/mol. The first-order chi connectivity index (χ1) is 7.70. The van der Waals surface area contributed by atoms with Crippen LogP contribution in [0.4, 0.5) is 5.69 Å². The van der Waals surface area contributed by atoms with Crippen LogP contribution in [0.5, 0.6) is 0 Å². The molecule has 4 heteroatoms. The second-order valence-electron chi connectivity index (χ2n) is 3.18. The summed E-state index contributed by atoms with van der Waals surface area (Å²) in [5, 5.41) is 11.4. The van der Waals surface area contributed by atoms with Gasteiger partial charge in [-0.3, -0.25) is 10.1 Å². The zero-order valence-corrected chi connectivity index (χ0v) is 9.78. The van der Waals surface area contributed by atoms with Gasteiger partial charge in [-0.1, -0.05) is 20.8 Å². The first-order valence-electron chi connectivity index (χ1n) is 5.46. The molecule has 0 amide bonds. The maximum atomic E-state index is 10.5. The van der Waals surface area contributed by atoms with Gasteiger partial charge < -0.3 is 4.98 Å². The van der Waals surface area contributed by atoms with E-state index in [2.05, 4.69) is 4.98 Å². The van der Waals surface area contributed by atoms with Crippen molar-refractivity contribution in [2.75, 3.05) is 0 Å². The van der Waals surface area contributed by atoms with Crippen molar-refractivity contribution in [2.24, 2.45) is 0 Å². The lowest BCUT2D eigenvalue weighted by Crippen LogP contribution is -1.86. The van der Waals surface area contributed by atoms with E-state index in [0.717, 1.165) is 23.0 Å². The summed E-state index contributed by atoms with van der Waals surface area (Å²) < 4.78 is 0. The summed E-state index contributed by atoms with van der Waals surface area (Å²) >= 11 is 0. The summed E-state index contributed by atoms with van der Waals surface area (Å²) in [4.78, 5) is 13.3. The number of aromatic amines is 1. The predicted molar refractivity (Wildman–Crippen MR) is 65.7 cm³/mol. The summed E-state index contributed by atoms with van der Waals surface area (Å²) in [7, 11) is 0. The van der Waals surface area contributed by atoms with Crippen molar-refractivity contribution < 1.29 is 4.92 Å². The number of aryl methyl sites for hydroxylation is 1. The highest BCUT2D eigenvalue weighted by Gasteiger charge is 2.07. The molecule has 1 aromatic carbocycles. The molecule has 0 aliphatic heterocycles. The molecule has 0 atom stereocenters. The van der Waals surface area contributed by atoms with Crippen molar-refractivity contribution in [2.45, 2.75) is 27.2 Å². The number of aromatic nitrogens is 1. The second kappa shape index (κ2) is 5.30. The van der Waals surface area contributed by atoms with Crippen LogP contribution in [-0.4, -0.2) is 9.91 Å². The topological polar surface area (TPSA) is 58.9 Å². The molecule has 86 valence electrons. The maximum Gasteiger partial charge on any atom is 0.270 e. The molecule has 0 aliphatic carbocycles. The van der Waals surface area contributed by atoms with Gasteiger partial charge in [0.1, 0.15) is 0 Å². The molecule has 2 rings (SSSR count). The summed E-state index contributed by atoms with van der Waals surface area (Å²) in [6.45, 7) is 6.04. The highest BCUT2D eigenvalue weighted by Crippen LogP contribution is 2.21. The van der Waals surface area contributed by atoms with Gasteiger partial charge in [-0.2, -0.15) is 0 Å². The number of rotatable bonds is 2. The fraction of sp³-hybridized carbons (Fsp3) is 0.333. The van der Waals surface area contributed by atoms with Crippen molar-refractivity contribution in [1.29, 1.82) is 0 Å². The Bertz CT molecular complexity index is 489. The summed E-state index contributed by atoms with van der Waals surface area (Å²) in [5.74, 6) is 0. The Morgan fingerprint density at radius 3 is 2.56 bits per heavy atom. The number of non-ortho nitro benzene ring substituents is 1. The summed E-state index contributed by atoms with van der Waals surface area (Å²) in [6.07, 6.45) is 0.905. The van der Waals surface area contributed by atoms with Gasteiger partial charge in [-0.05, 0) is 18.6 Å². The standard InChI is InChI=1S/C10H10N2O2.C2H6/c1-2-8-5-7-6-9(12(13)14)3-4-10(7)11-8;1-2/h3-6,11H,2H2,1H3;1-2H3. The van der Waals surface area contributed by atoms with Crippen molar-refractivity contribution >= 4 is 16.6 Å². The minimum absolute atomic E-state index is 0.138. The smallest absolute Gasteiger partial charge is 0.270 e. The van der Waals surface area contributed by atoms with Crippen LogP contribution >= 0.6 is 0 Å². The molecule has 4 nitrogen and oxygen atoms in total. The average molecular weight is 220 g/mol. The van der Waals surface area contributed by atoms with Crippen LogP contribution in [-0.2, 0) is 6.42 Å². The van der Waals surface area contributed by atoms with Crippen molar-refractivity contribution in [3.8, 4) is 0 Å². The fourth-order valence-electron chi connectivity index (χ4n) is 1.48. The van der Waals surface area contributed by atoms with E-state index in [9.17, 15) is 10.1 Å². The number of hydrogen-bond donors (Lipinski definition) is 1. The van der Waals surface area contributed by atoms with Gasteiger partial charge in [-0.25, -0.2) is 0 Å². The molecular formula is C12H16N2O2. The van der Waals surface area contributed by atoms with Crippen LogP contribution in [0, 0.1) is 10.1 Å².